The summed E-state index contributed by atoms with van der Waals surface area (Å²) in [6.45, 7) is 3.05. The number of rotatable bonds is 5. The molecule has 1 saturated carbocycles. The Morgan fingerprint density at radius 1 is 1.11 bits per heavy atom. The maximum Gasteiger partial charge on any atom is 0.263 e. The Morgan fingerprint density at radius 3 is 2.26 bits per heavy atom. The Hall–Kier alpha value is -0.960. The monoisotopic (exact) mass is 267 g/mol. The Kier molecular flexibility index (Phi) is 5.32. The quantitative estimate of drug-likeness (QED) is 0.816. The van der Waals surface area contributed by atoms with Crippen molar-refractivity contribution in [3.8, 4) is 0 Å². The summed E-state index contributed by atoms with van der Waals surface area (Å²) in [6.07, 6.45) is 4.05. The fourth-order valence-electron chi connectivity index (χ4n) is 2.82. The standard InChI is InChI=1S/C16H23F2N/c1-2-12-5-9-15(10-6-12)19-11-13-3-7-14(8-4-13)16(17)18/h3-4,7-8,12,15-16,19H,2,5-6,9-11H2,1H3. The highest BCUT2D eigenvalue weighted by Crippen LogP contribution is 2.26. The van der Waals surface area contributed by atoms with E-state index >= 15 is 0 Å². The smallest absolute Gasteiger partial charge is 0.263 e. The van der Waals surface area contributed by atoms with Gasteiger partial charge in [-0.1, -0.05) is 37.6 Å². The van der Waals surface area contributed by atoms with Crippen LogP contribution in [0.1, 0.15) is 56.6 Å². The fraction of sp³-hybridized carbons (Fsp3) is 0.625. The SMILES string of the molecule is CCC1CCC(NCc2ccc(C(F)F)cc2)CC1. The fourth-order valence-corrected chi connectivity index (χ4v) is 2.82. The molecule has 3 heteroatoms. The number of hydrogen-bond acceptors (Lipinski definition) is 1. The highest BCUT2D eigenvalue weighted by atomic mass is 19.3. The van der Waals surface area contributed by atoms with Crippen molar-refractivity contribution < 1.29 is 8.78 Å². The lowest BCUT2D eigenvalue weighted by Gasteiger charge is -2.28. The first-order valence-corrected chi connectivity index (χ1v) is 7.29. The van der Waals surface area contributed by atoms with Gasteiger partial charge in [0.25, 0.3) is 6.43 Å². The largest absolute Gasteiger partial charge is 0.310 e. The van der Waals surface area contributed by atoms with Gasteiger partial charge in [0.1, 0.15) is 0 Å². The lowest BCUT2D eigenvalue weighted by atomic mass is 9.84. The summed E-state index contributed by atoms with van der Waals surface area (Å²) in [5.74, 6) is 0.906. The Balaban J connectivity index is 1.76. The minimum atomic E-state index is -2.37. The van der Waals surface area contributed by atoms with E-state index in [1.54, 1.807) is 12.1 Å². The van der Waals surface area contributed by atoms with Crippen LogP contribution in [-0.2, 0) is 6.54 Å². The second kappa shape index (κ2) is 6.99. The Labute approximate surface area is 114 Å². The van der Waals surface area contributed by atoms with Crippen LogP contribution in [-0.4, -0.2) is 6.04 Å². The molecule has 0 aliphatic heterocycles. The molecule has 1 fully saturated rings. The van der Waals surface area contributed by atoms with Crippen LogP contribution in [0.25, 0.3) is 0 Å². The van der Waals surface area contributed by atoms with E-state index in [9.17, 15) is 8.78 Å². The van der Waals surface area contributed by atoms with Crippen LogP contribution < -0.4 is 5.32 Å². The van der Waals surface area contributed by atoms with E-state index in [1.165, 1.54) is 44.2 Å². The summed E-state index contributed by atoms with van der Waals surface area (Å²) in [7, 11) is 0. The summed E-state index contributed by atoms with van der Waals surface area (Å²) in [4.78, 5) is 0. The lowest BCUT2D eigenvalue weighted by Crippen LogP contribution is -2.32. The maximum atomic E-state index is 12.4. The van der Waals surface area contributed by atoms with Gasteiger partial charge in [0.05, 0.1) is 0 Å². The van der Waals surface area contributed by atoms with Crippen molar-refractivity contribution >= 4 is 0 Å². The van der Waals surface area contributed by atoms with E-state index < -0.39 is 6.43 Å². The molecule has 1 aromatic carbocycles. The van der Waals surface area contributed by atoms with E-state index in [1.807, 2.05) is 0 Å². The molecule has 19 heavy (non-hydrogen) atoms. The summed E-state index contributed by atoms with van der Waals surface area (Å²) in [5, 5.41) is 3.54. The van der Waals surface area contributed by atoms with Crippen LogP contribution in [0.4, 0.5) is 8.78 Å². The van der Waals surface area contributed by atoms with Crippen LogP contribution in [0.5, 0.6) is 0 Å². The molecule has 0 bridgehead atoms. The van der Waals surface area contributed by atoms with E-state index in [2.05, 4.69) is 12.2 Å². The minimum Gasteiger partial charge on any atom is -0.310 e. The van der Waals surface area contributed by atoms with Crippen molar-refractivity contribution in [2.45, 2.75) is 58.0 Å². The first-order chi connectivity index (χ1) is 9.19. The Morgan fingerprint density at radius 2 is 1.74 bits per heavy atom. The van der Waals surface area contributed by atoms with Gasteiger partial charge in [-0.05, 0) is 37.2 Å². The van der Waals surface area contributed by atoms with E-state index in [0.29, 0.717) is 6.04 Å². The number of nitrogens with one attached hydrogen (secondary N) is 1. The molecule has 1 aromatic rings. The average molecular weight is 267 g/mol. The molecule has 0 spiro atoms. The molecule has 0 unspecified atom stereocenters. The molecule has 0 radical (unpaired) electrons. The van der Waals surface area contributed by atoms with Crippen molar-refractivity contribution in [1.29, 1.82) is 0 Å². The zero-order valence-corrected chi connectivity index (χ0v) is 11.5. The molecule has 0 aromatic heterocycles. The third kappa shape index (κ3) is 4.27. The van der Waals surface area contributed by atoms with Gasteiger partial charge in [-0.3, -0.25) is 0 Å². The number of hydrogen-bond donors (Lipinski definition) is 1. The molecular formula is C16H23F2N. The van der Waals surface area contributed by atoms with Crippen molar-refractivity contribution in [3.05, 3.63) is 35.4 Å². The molecule has 1 N–H and O–H groups in total. The third-order valence-corrected chi connectivity index (χ3v) is 4.25. The summed E-state index contributed by atoms with van der Waals surface area (Å²) in [6, 6.07) is 7.24. The molecule has 0 heterocycles. The second-order valence-corrected chi connectivity index (χ2v) is 5.55. The summed E-state index contributed by atoms with van der Waals surface area (Å²) < 4.78 is 24.9. The molecule has 1 nitrogen and oxygen atoms in total. The van der Waals surface area contributed by atoms with Crippen LogP contribution in [0, 0.1) is 5.92 Å². The van der Waals surface area contributed by atoms with Gasteiger partial charge in [0.2, 0.25) is 0 Å². The van der Waals surface area contributed by atoms with Crippen LogP contribution in [0.2, 0.25) is 0 Å². The molecular weight excluding hydrogens is 244 g/mol. The van der Waals surface area contributed by atoms with Gasteiger partial charge < -0.3 is 5.32 Å². The zero-order valence-electron chi connectivity index (χ0n) is 11.5. The first kappa shape index (κ1) is 14.4. The van der Waals surface area contributed by atoms with E-state index in [4.69, 9.17) is 0 Å². The summed E-state index contributed by atoms with van der Waals surface area (Å²) >= 11 is 0. The molecule has 106 valence electrons. The van der Waals surface area contributed by atoms with E-state index in [-0.39, 0.29) is 5.56 Å². The van der Waals surface area contributed by atoms with Crippen molar-refractivity contribution in [2.24, 2.45) is 5.92 Å². The van der Waals surface area contributed by atoms with E-state index in [0.717, 1.165) is 18.0 Å². The zero-order chi connectivity index (χ0) is 13.7. The number of halogens is 2. The van der Waals surface area contributed by atoms with Gasteiger partial charge in [-0.2, -0.15) is 0 Å². The highest BCUT2D eigenvalue weighted by Gasteiger charge is 2.19. The Bertz CT molecular complexity index is 367. The molecule has 0 atom stereocenters. The molecule has 1 aliphatic carbocycles. The van der Waals surface area contributed by atoms with Gasteiger partial charge in [0.15, 0.2) is 0 Å². The normalized spacial score (nSPS) is 23.8. The minimum absolute atomic E-state index is 0.104. The number of benzene rings is 1. The first-order valence-electron chi connectivity index (χ1n) is 7.29. The van der Waals surface area contributed by atoms with Gasteiger partial charge in [-0.15, -0.1) is 0 Å². The van der Waals surface area contributed by atoms with Gasteiger partial charge in [0, 0.05) is 18.2 Å². The highest BCUT2D eigenvalue weighted by molar-refractivity contribution is 5.23. The molecule has 0 amide bonds. The number of alkyl halides is 2. The predicted molar refractivity (Wildman–Crippen MR) is 74.3 cm³/mol. The predicted octanol–water partition coefficient (Wildman–Crippen LogP) is 4.68. The van der Waals surface area contributed by atoms with Crippen LogP contribution in [0.3, 0.4) is 0 Å². The van der Waals surface area contributed by atoms with Crippen molar-refractivity contribution in [3.63, 3.8) is 0 Å². The lowest BCUT2D eigenvalue weighted by molar-refractivity contribution is 0.151. The topological polar surface area (TPSA) is 12.0 Å². The van der Waals surface area contributed by atoms with Crippen LogP contribution >= 0.6 is 0 Å². The van der Waals surface area contributed by atoms with Crippen molar-refractivity contribution in [1.82, 2.24) is 5.32 Å². The molecule has 1 aliphatic rings. The van der Waals surface area contributed by atoms with Crippen molar-refractivity contribution in [2.75, 3.05) is 0 Å². The van der Waals surface area contributed by atoms with Crippen LogP contribution in [0.15, 0.2) is 24.3 Å². The van der Waals surface area contributed by atoms with Gasteiger partial charge >= 0.3 is 0 Å². The average Bonchev–Trinajstić information content (AvgIpc) is 2.46. The maximum absolute atomic E-state index is 12.4. The third-order valence-electron chi connectivity index (χ3n) is 4.25. The summed E-state index contributed by atoms with van der Waals surface area (Å²) in [5.41, 5.74) is 1.19. The molecule has 0 saturated heterocycles. The molecule has 2 rings (SSSR count). The second-order valence-electron chi connectivity index (χ2n) is 5.55. The van der Waals surface area contributed by atoms with Gasteiger partial charge in [-0.25, -0.2) is 8.78 Å².